The Morgan fingerprint density at radius 3 is 2.55 bits per heavy atom. The third-order valence-electron chi connectivity index (χ3n) is 4.18. The van der Waals surface area contributed by atoms with Crippen LogP contribution in [0, 0.1) is 0 Å². The quantitative estimate of drug-likeness (QED) is 0.607. The molecular formula is C20H24N2O5S2. The monoisotopic (exact) mass is 436 g/mol. The molecule has 1 N–H and O–H groups in total. The zero-order chi connectivity index (χ0) is 20.7. The van der Waals surface area contributed by atoms with Gasteiger partial charge in [-0.2, -0.15) is 11.8 Å². The highest BCUT2D eigenvalue weighted by Crippen LogP contribution is 2.34. The first-order valence-electron chi connectivity index (χ1n) is 9.19. The largest absolute Gasteiger partial charge is 0.486 e. The predicted octanol–water partition coefficient (Wildman–Crippen LogP) is 2.27. The van der Waals surface area contributed by atoms with E-state index in [-0.39, 0.29) is 12.5 Å². The Kier molecular flexibility index (Phi) is 7.27. The SMILES string of the molecule is CS(=O)(=O)N(CC(=O)NCCSCc1ccccc1)c1ccc2c(c1)OCCO2. The van der Waals surface area contributed by atoms with Crippen molar-refractivity contribution < 1.29 is 22.7 Å². The summed E-state index contributed by atoms with van der Waals surface area (Å²) in [7, 11) is -3.64. The lowest BCUT2D eigenvalue weighted by Gasteiger charge is -2.24. The van der Waals surface area contributed by atoms with Gasteiger partial charge in [0.05, 0.1) is 11.9 Å². The third kappa shape index (κ3) is 6.30. The Morgan fingerprint density at radius 1 is 1.10 bits per heavy atom. The van der Waals surface area contributed by atoms with Gasteiger partial charge in [0.1, 0.15) is 19.8 Å². The summed E-state index contributed by atoms with van der Waals surface area (Å²) in [6, 6.07) is 14.9. The number of nitrogens with one attached hydrogen (secondary N) is 1. The number of hydrogen-bond donors (Lipinski definition) is 1. The van der Waals surface area contributed by atoms with Crippen LogP contribution in [0.5, 0.6) is 11.5 Å². The molecule has 1 aliphatic heterocycles. The van der Waals surface area contributed by atoms with Crippen molar-refractivity contribution in [2.45, 2.75) is 5.75 Å². The smallest absolute Gasteiger partial charge is 0.240 e. The summed E-state index contributed by atoms with van der Waals surface area (Å²) < 4.78 is 36.5. The number of fused-ring (bicyclic) bond motifs is 1. The molecule has 0 saturated heterocycles. The predicted molar refractivity (Wildman–Crippen MR) is 115 cm³/mol. The van der Waals surface area contributed by atoms with Crippen molar-refractivity contribution in [2.24, 2.45) is 0 Å². The number of amides is 1. The van der Waals surface area contributed by atoms with E-state index in [9.17, 15) is 13.2 Å². The Balaban J connectivity index is 1.53. The minimum atomic E-state index is -3.64. The normalized spacial score (nSPS) is 13.0. The fraction of sp³-hybridized carbons (Fsp3) is 0.350. The van der Waals surface area contributed by atoms with E-state index in [1.165, 1.54) is 5.56 Å². The molecule has 0 saturated carbocycles. The van der Waals surface area contributed by atoms with Gasteiger partial charge in [0, 0.05) is 24.1 Å². The number of nitrogens with zero attached hydrogens (tertiary/aromatic N) is 1. The first-order valence-corrected chi connectivity index (χ1v) is 12.2. The summed E-state index contributed by atoms with van der Waals surface area (Å²) in [5.41, 5.74) is 1.59. The number of ether oxygens (including phenoxy) is 2. The molecule has 156 valence electrons. The Morgan fingerprint density at radius 2 is 1.83 bits per heavy atom. The van der Waals surface area contributed by atoms with Gasteiger partial charge in [0.25, 0.3) is 0 Å². The zero-order valence-corrected chi connectivity index (χ0v) is 17.8. The van der Waals surface area contributed by atoms with Crippen LogP contribution in [0.3, 0.4) is 0 Å². The van der Waals surface area contributed by atoms with Crippen molar-refractivity contribution in [3.63, 3.8) is 0 Å². The van der Waals surface area contributed by atoms with Crippen LogP contribution < -0.4 is 19.1 Å². The molecule has 2 aromatic rings. The molecule has 0 spiro atoms. The van der Waals surface area contributed by atoms with Gasteiger partial charge in [0.2, 0.25) is 15.9 Å². The number of benzene rings is 2. The average Bonchev–Trinajstić information content (AvgIpc) is 2.71. The van der Waals surface area contributed by atoms with Gasteiger partial charge in [0.15, 0.2) is 11.5 Å². The second kappa shape index (κ2) is 9.89. The van der Waals surface area contributed by atoms with Crippen LogP contribution >= 0.6 is 11.8 Å². The number of rotatable bonds is 9. The van der Waals surface area contributed by atoms with Crippen molar-refractivity contribution in [1.29, 1.82) is 0 Å². The van der Waals surface area contributed by atoms with Gasteiger partial charge in [-0.1, -0.05) is 30.3 Å². The number of thioether (sulfide) groups is 1. The van der Waals surface area contributed by atoms with Crippen molar-refractivity contribution in [3.05, 3.63) is 54.1 Å². The number of anilines is 1. The molecule has 0 radical (unpaired) electrons. The first kappa shape index (κ1) is 21.3. The van der Waals surface area contributed by atoms with E-state index in [1.54, 1.807) is 30.0 Å². The van der Waals surface area contributed by atoms with Crippen LogP contribution in [0.15, 0.2) is 48.5 Å². The fourth-order valence-electron chi connectivity index (χ4n) is 2.80. The summed E-state index contributed by atoms with van der Waals surface area (Å²) in [6.07, 6.45) is 1.08. The van der Waals surface area contributed by atoms with Crippen LogP contribution in [0.1, 0.15) is 5.56 Å². The molecule has 29 heavy (non-hydrogen) atoms. The van der Waals surface area contributed by atoms with Crippen LogP contribution in [-0.4, -0.2) is 52.6 Å². The molecule has 0 atom stereocenters. The van der Waals surface area contributed by atoms with E-state index in [4.69, 9.17) is 9.47 Å². The number of carbonyl (C=O) groups excluding carboxylic acids is 1. The van der Waals surface area contributed by atoms with E-state index >= 15 is 0 Å². The molecule has 3 rings (SSSR count). The Labute approximate surface area is 175 Å². The summed E-state index contributed by atoms with van der Waals surface area (Å²) in [5, 5.41) is 2.78. The van der Waals surface area contributed by atoms with E-state index in [2.05, 4.69) is 17.4 Å². The standard InChI is InChI=1S/C20H24N2O5S2/c1-29(24,25)22(17-7-8-18-19(13-17)27-11-10-26-18)14-20(23)21-9-12-28-15-16-5-3-2-4-6-16/h2-8,13H,9-12,14-15H2,1H3,(H,21,23). The van der Waals surface area contributed by atoms with E-state index in [0.717, 1.165) is 22.1 Å². The molecule has 0 aromatic heterocycles. The number of hydrogen-bond acceptors (Lipinski definition) is 6. The van der Waals surface area contributed by atoms with Crippen molar-refractivity contribution >= 4 is 33.4 Å². The molecule has 0 unspecified atom stereocenters. The molecule has 2 aromatic carbocycles. The summed E-state index contributed by atoms with van der Waals surface area (Å²) in [5.74, 6) is 2.28. The van der Waals surface area contributed by atoms with Gasteiger partial charge in [-0.05, 0) is 17.7 Å². The maximum atomic E-state index is 12.3. The van der Waals surface area contributed by atoms with E-state index in [1.807, 2.05) is 18.2 Å². The minimum absolute atomic E-state index is 0.290. The lowest BCUT2D eigenvalue weighted by Crippen LogP contribution is -2.41. The maximum Gasteiger partial charge on any atom is 0.240 e. The van der Waals surface area contributed by atoms with Crippen molar-refractivity contribution in [3.8, 4) is 11.5 Å². The molecule has 1 amide bonds. The van der Waals surface area contributed by atoms with Gasteiger partial charge in [-0.3, -0.25) is 9.10 Å². The molecule has 1 heterocycles. The van der Waals surface area contributed by atoms with Gasteiger partial charge >= 0.3 is 0 Å². The molecular weight excluding hydrogens is 412 g/mol. The van der Waals surface area contributed by atoms with Gasteiger partial charge in [-0.25, -0.2) is 8.42 Å². The maximum absolute atomic E-state index is 12.3. The lowest BCUT2D eigenvalue weighted by atomic mass is 10.2. The van der Waals surface area contributed by atoms with Crippen molar-refractivity contribution in [2.75, 3.05) is 42.6 Å². The Bertz CT molecular complexity index is 935. The first-order chi connectivity index (χ1) is 13.9. The van der Waals surface area contributed by atoms with Gasteiger partial charge in [-0.15, -0.1) is 0 Å². The minimum Gasteiger partial charge on any atom is -0.486 e. The van der Waals surface area contributed by atoms with Crippen molar-refractivity contribution in [1.82, 2.24) is 5.32 Å². The average molecular weight is 437 g/mol. The van der Waals surface area contributed by atoms with Crippen LogP contribution in [0.2, 0.25) is 0 Å². The number of sulfonamides is 1. The van der Waals surface area contributed by atoms with Crippen LogP contribution in [0.4, 0.5) is 5.69 Å². The highest BCUT2D eigenvalue weighted by molar-refractivity contribution is 7.98. The second-order valence-corrected chi connectivity index (χ2v) is 9.50. The molecule has 0 fully saturated rings. The molecule has 9 heteroatoms. The topological polar surface area (TPSA) is 84.9 Å². The fourth-order valence-corrected chi connectivity index (χ4v) is 4.47. The molecule has 0 bridgehead atoms. The summed E-state index contributed by atoms with van der Waals surface area (Å²) in [4.78, 5) is 12.3. The van der Waals surface area contributed by atoms with E-state index < -0.39 is 10.0 Å². The molecule has 0 aliphatic carbocycles. The van der Waals surface area contributed by atoms with Crippen LogP contribution in [0.25, 0.3) is 0 Å². The molecule has 1 aliphatic rings. The third-order valence-corrected chi connectivity index (χ3v) is 6.35. The number of carbonyl (C=O) groups is 1. The summed E-state index contributed by atoms with van der Waals surface area (Å²) in [6.45, 7) is 1.03. The highest BCUT2D eigenvalue weighted by Gasteiger charge is 2.23. The van der Waals surface area contributed by atoms with Crippen LogP contribution in [-0.2, 0) is 20.6 Å². The molecule has 7 nitrogen and oxygen atoms in total. The zero-order valence-electron chi connectivity index (χ0n) is 16.2. The summed E-state index contributed by atoms with van der Waals surface area (Å²) >= 11 is 1.71. The second-order valence-electron chi connectivity index (χ2n) is 6.49. The van der Waals surface area contributed by atoms with Gasteiger partial charge < -0.3 is 14.8 Å². The highest BCUT2D eigenvalue weighted by atomic mass is 32.2. The van der Waals surface area contributed by atoms with E-state index in [0.29, 0.717) is 36.9 Å². The Hall–Kier alpha value is -2.39. The lowest BCUT2D eigenvalue weighted by molar-refractivity contribution is -0.119.